The van der Waals surface area contributed by atoms with E-state index in [9.17, 15) is 9.18 Å². The monoisotopic (exact) mass is 377 g/mol. The molecule has 0 saturated carbocycles. The minimum atomic E-state index is -0.208. The summed E-state index contributed by atoms with van der Waals surface area (Å²) in [7, 11) is 0. The number of benzene rings is 2. The maximum absolute atomic E-state index is 13.6. The Morgan fingerprint density at radius 3 is 2.54 bits per heavy atom. The topological polar surface area (TPSA) is 54.0 Å². The van der Waals surface area contributed by atoms with E-state index < -0.39 is 0 Å². The molecule has 5 heteroatoms. The average molecular weight is 377 g/mol. The van der Waals surface area contributed by atoms with Crippen LogP contribution in [0, 0.1) is 5.82 Å². The van der Waals surface area contributed by atoms with Gasteiger partial charge in [0.1, 0.15) is 11.6 Å². The molecule has 2 N–H and O–H groups in total. The van der Waals surface area contributed by atoms with E-state index in [2.05, 4.69) is 27.8 Å². The first-order chi connectivity index (χ1) is 13.7. The van der Waals surface area contributed by atoms with E-state index in [1.165, 1.54) is 11.6 Å². The number of anilines is 1. The fourth-order valence-corrected chi connectivity index (χ4v) is 2.94. The molecule has 0 spiro atoms. The van der Waals surface area contributed by atoms with Gasteiger partial charge in [-0.05, 0) is 48.6 Å². The molecule has 0 radical (unpaired) electrons. The van der Waals surface area contributed by atoms with Gasteiger partial charge in [-0.15, -0.1) is 0 Å². The third kappa shape index (κ3) is 5.91. The quantitative estimate of drug-likeness (QED) is 0.549. The molecule has 0 unspecified atom stereocenters. The summed E-state index contributed by atoms with van der Waals surface area (Å²) in [5, 5.41) is 6.09. The summed E-state index contributed by atoms with van der Waals surface area (Å²) in [6, 6.07) is 20.3. The Hall–Kier alpha value is -3.21. The molecule has 144 valence electrons. The lowest BCUT2D eigenvalue weighted by atomic mass is 10.1. The van der Waals surface area contributed by atoms with Gasteiger partial charge in [0.05, 0.1) is 0 Å². The van der Waals surface area contributed by atoms with Crippen LogP contribution in [0.1, 0.15) is 27.9 Å². The molecule has 1 amide bonds. The van der Waals surface area contributed by atoms with Crippen LogP contribution in [0.3, 0.4) is 0 Å². The normalized spacial score (nSPS) is 10.5. The number of carbonyl (C=O) groups is 1. The molecule has 0 bridgehead atoms. The number of amides is 1. The van der Waals surface area contributed by atoms with Crippen molar-refractivity contribution in [3.63, 3.8) is 0 Å². The Bertz CT molecular complexity index is 899. The molecular weight excluding hydrogens is 353 g/mol. The Balaban J connectivity index is 1.44. The van der Waals surface area contributed by atoms with Gasteiger partial charge >= 0.3 is 0 Å². The van der Waals surface area contributed by atoms with Crippen LogP contribution in [0.4, 0.5) is 10.2 Å². The SMILES string of the molecule is O=C(NCCCc1ccccc1)c1ccnc(NCCc2ccccc2F)c1. The number of carbonyl (C=O) groups excluding carboxylic acids is 1. The lowest BCUT2D eigenvalue weighted by Gasteiger charge is -2.09. The highest BCUT2D eigenvalue weighted by atomic mass is 19.1. The molecule has 0 atom stereocenters. The molecule has 0 aliphatic carbocycles. The molecule has 28 heavy (non-hydrogen) atoms. The molecule has 3 aromatic rings. The number of nitrogens with one attached hydrogen (secondary N) is 2. The third-order valence-corrected chi connectivity index (χ3v) is 4.45. The third-order valence-electron chi connectivity index (χ3n) is 4.45. The van der Waals surface area contributed by atoms with E-state index in [0.717, 1.165) is 12.8 Å². The van der Waals surface area contributed by atoms with Crippen LogP contribution in [-0.2, 0) is 12.8 Å². The largest absolute Gasteiger partial charge is 0.370 e. The molecule has 1 heterocycles. The number of aromatic nitrogens is 1. The van der Waals surface area contributed by atoms with E-state index in [0.29, 0.717) is 36.5 Å². The summed E-state index contributed by atoms with van der Waals surface area (Å²) in [5.74, 6) is 0.279. The van der Waals surface area contributed by atoms with Gasteiger partial charge in [0, 0.05) is 24.8 Å². The minimum absolute atomic E-state index is 0.118. The fraction of sp³-hybridized carbons (Fsp3) is 0.217. The van der Waals surface area contributed by atoms with Crippen LogP contribution in [0.15, 0.2) is 72.9 Å². The van der Waals surface area contributed by atoms with E-state index in [-0.39, 0.29) is 11.7 Å². The maximum atomic E-state index is 13.6. The van der Waals surface area contributed by atoms with Crippen LogP contribution in [0.25, 0.3) is 0 Å². The average Bonchev–Trinajstić information content (AvgIpc) is 2.73. The van der Waals surface area contributed by atoms with Crippen molar-refractivity contribution in [3.8, 4) is 0 Å². The maximum Gasteiger partial charge on any atom is 0.251 e. The van der Waals surface area contributed by atoms with Gasteiger partial charge in [-0.2, -0.15) is 0 Å². The zero-order valence-electron chi connectivity index (χ0n) is 15.7. The van der Waals surface area contributed by atoms with Crippen molar-refractivity contribution in [2.75, 3.05) is 18.4 Å². The van der Waals surface area contributed by atoms with Gasteiger partial charge in [-0.1, -0.05) is 48.5 Å². The Kier molecular flexibility index (Phi) is 7.13. The van der Waals surface area contributed by atoms with Crippen LogP contribution in [0.2, 0.25) is 0 Å². The van der Waals surface area contributed by atoms with E-state index in [1.807, 2.05) is 24.3 Å². The van der Waals surface area contributed by atoms with Crippen molar-refractivity contribution < 1.29 is 9.18 Å². The number of halogens is 1. The number of rotatable bonds is 9. The van der Waals surface area contributed by atoms with E-state index in [4.69, 9.17) is 0 Å². The summed E-state index contributed by atoms with van der Waals surface area (Å²) in [4.78, 5) is 16.6. The van der Waals surface area contributed by atoms with E-state index in [1.54, 1.807) is 30.5 Å². The highest BCUT2D eigenvalue weighted by molar-refractivity contribution is 5.94. The molecular formula is C23H24FN3O. The predicted molar refractivity (Wildman–Crippen MR) is 110 cm³/mol. The number of hydrogen-bond acceptors (Lipinski definition) is 3. The van der Waals surface area contributed by atoms with Crippen LogP contribution < -0.4 is 10.6 Å². The Labute approximate surface area is 164 Å². The second-order valence-corrected chi connectivity index (χ2v) is 6.54. The summed E-state index contributed by atoms with van der Waals surface area (Å²) in [6.45, 7) is 1.15. The van der Waals surface area contributed by atoms with Crippen LogP contribution in [0.5, 0.6) is 0 Å². The number of aryl methyl sites for hydroxylation is 1. The Morgan fingerprint density at radius 1 is 0.929 bits per heavy atom. The fourth-order valence-electron chi connectivity index (χ4n) is 2.94. The van der Waals surface area contributed by atoms with Crippen molar-refractivity contribution in [1.82, 2.24) is 10.3 Å². The molecule has 2 aromatic carbocycles. The number of nitrogens with zero attached hydrogens (tertiary/aromatic N) is 1. The molecule has 0 saturated heterocycles. The highest BCUT2D eigenvalue weighted by Crippen LogP contribution is 2.10. The lowest BCUT2D eigenvalue weighted by molar-refractivity contribution is 0.0953. The van der Waals surface area contributed by atoms with Crippen molar-refractivity contribution in [2.24, 2.45) is 0 Å². The predicted octanol–water partition coefficient (Wildman–Crippen LogP) is 4.24. The van der Waals surface area contributed by atoms with Gasteiger partial charge in [0.15, 0.2) is 0 Å². The van der Waals surface area contributed by atoms with Crippen LogP contribution >= 0.6 is 0 Å². The zero-order chi connectivity index (χ0) is 19.6. The summed E-state index contributed by atoms with van der Waals surface area (Å²) >= 11 is 0. The summed E-state index contributed by atoms with van der Waals surface area (Å²) in [5.41, 5.74) is 2.48. The standard InChI is InChI=1S/C23H24FN3O/c24-21-11-5-4-10-19(21)12-15-25-22-17-20(13-16-26-22)23(28)27-14-6-9-18-7-2-1-3-8-18/h1-5,7-8,10-11,13,16-17H,6,9,12,14-15H2,(H,25,26)(H,27,28). The smallest absolute Gasteiger partial charge is 0.251 e. The number of hydrogen-bond donors (Lipinski definition) is 2. The molecule has 0 fully saturated rings. The summed E-state index contributed by atoms with van der Waals surface area (Å²) < 4.78 is 13.6. The van der Waals surface area contributed by atoms with Gasteiger partial charge in [0.25, 0.3) is 5.91 Å². The molecule has 4 nitrogen and oxygen atoms in total. The second kappa shape index (κ2) is 10.2. The second-order valence-electron chi connectivity index (χ2n) is 6.54. The molecule has 0 aliphatic rings. The van der Waals surface area contributed by atoms with Crippen molar-refractivity contribution in [3.05, 3.63) is 95.4 Å². The summed E-state index contributed by atoms with van der Waals surface area (Å²) in [6.07, 6.45) is 3.96. The highest BCUT2D eigenvalue weighted by Gasteiger charge is 2.07. The van der Waals surface area contributed by atoms with Gasteiger partial charge in [-0.25, -0.2) is 9.37 Å². The van der Waals surface area contributed by atoms with Gasteiger partial charge < -0.3 is 10.6 Å². The van der Waals surface area contributed by atoms with Crippen molar-refractivity contribution in [1.29, 1.82) is 0 Å². The Morgan fingerprint density at radius 2 is 1.71 bits per heavy atom. The van der Waals surface area contributed by atoms with Crippen molar-refractivity contribution in [2.45, 2.75) is 19.3 Å². The number of pyridine rings is 1. The molecule has 1 aromatic heterocycles. The van der Waals surface area contributed by atoms with Gasteiger partial charge in [0.2, 0.25) is 0 Å². The molecule has 0 aliphatic heterocycles. The van der Waals surface area contributed by atoms with E-state index >= 15 is 0 Å². The first-order valence-corrected chi connectivity index (χ1v) is 9.48. The molecule has 3 rings (SSSR count). The van der Waals surface area contributed by atoms with Crippen LogP contribution in [-0.4, -0.2) is 24.0 Å². The van der Waals surface area contributed by atoms with Crippen molar-refractivity contribution >= 4 is 11.7 Å². The first-order valence-electron chi connectivity index (χ1n) is 9.48. The minimum Gasteiger partial charge on any atom is -0.370 e. The lowest BCUT2D eigenvalue weighted by Crippen LogP contribution is -2.25. The zero-order valence-corrected chi connectivity index (χ0v) is 15.7. The first kappa shape index (κ1) is 19.5. The van der Waals surface area contributed by atoms with Gasteiger partial charge in [-0.3, -0.25) is 4.79 Å².